The molecule has 4 nitrogen and oxygen atoms in total. The number of sulfonamides is 1. The van der Waals surface area contributed by atoms with Crippen molar-refractivity contribution in [2.24, 2.45) is 5.92 Å². The summed E-state index contributed by atoms with van der Waals surface area (Å²) < 4.78 is 32.4. The van der Waals surface area contributed by atoms with Crippen LogP contribution in [0.5, 0.6) is 5.75 Å². The summed E-state index contributed by atoms with van der Waals surface area (Å²) >= 11 is 5.99. The summed E-state index contributed by atoms with van der Waals surface area (Å²) in [5, 5.41) is 0.406. The first kappa shape index (κ1) is 18.2. The van der Waals surface area contributed by atoms with Gasteiger partial charge in [0.25, 0.3) is 0 Å². The van der Waals surface area contributed by atoms with Gasteiger partial charge in [-0.1, -0.05) is 41.9 Å². The number of benzene rings is 2. The predicted molar refractivity (Wildman–Crippen MR) is 99.6 cm³/mol. The molecule has 0 atom stereocenters. The van der Waals surface area contributed by atoms with E-state index in [2.05, 4.69) is 12.1 Å². The molecule has 0 radical (unpaired) electrons. The molecule has 25 heavy (non-hydrogen) atoms. The Morgan fingerprint density at radius 2 is 1.80 bits per heavy atom. The maximum atomic E-state index is 12.9. The number of ether oxygens (including phenoxy) is 1. The monoisotopic (exact) mass is 379 g/mol. The Kier molecular flexibility index (Phi) is 5.67. The van der Waals surface area contributed by atoms with E-state index < -0.39 is 10.0 Å². The number of rotatable bonds is 5. The molecule has 134 valence electrons. The Hall–Kier alpha value is -1.56. The van der Waals surface area contributed by atoms with Crippen LogP contribution in [0.3, 0.4) is 0 Å². The van der Waals surface area contributed by atoms with Crippen molar-refractivity contribution in [3.63, 3.8) is 0 Å². The Labute approximate surface area is 154 Å². The van der Waals surface area contributed by atoms with Gasteiger partial charge in [0.1, 0.15) is 5.75 Å². The topological polar surface area (TPSA) is 46.6 Å². The Balaban J connectivity index is 1.67. The van der Waals surface area contributed by atoms with Crippen molar-refractivity contribution in [2.45, 2.75) is 24.2 Å². The molecule has 2 aromatic rings. The van der Waals surface area contributed by atoms with Gasteiger partial charge < -0.3 is 4.74 Å². The van der Waals surface area contributed by atoms with E-state index in [0.29, 0.717) is 29.8 Å². The quantitative estimate of drug-likeness (QED) is 0.789. The first-order valence-electron chi connectivity index (χ1n) is 8.38. The van der Waals surface area contributed by atoms with Crippen LogP contribution in [-0.2, 0) is 16.4 Å². The van der Waals surface area contributed by atoms with E-state index in [-0.39, 0.29) is 4.90 Å². The summed E-state index contributed by atoms with van der Waals surface area (Å²) in [7, 11) is -2.03. The molecule has 0 aliphatic carbocycles. The molecule has 1 fully saturated rings. The van der Waals surface area contributed by atoms with E-state index in [0.717, 1.165) is 19.3 Å². The van der Waals surface area contributed by atoms with Crippen LogP contribution in [-0.4, -0.2) is 32.9 Å². The minimum atomic E-state index is -3.51. The van der Waals surface area contributed by atoms with Crippen molar-refractivity contribution in [2.75, 3.05) is 20.2 Å². The number of hydrogen-bond donors (Lipinski definition) is 0. The highest BCUT2D eigenvalue weighted by atomic mass is 35.5. The Morgan fingerprint density at radius 1 is 1.12 bits per heavy atom. The molecule has 2 aromatic carbocycles. The zero-order valence-corrected chi connectivity index (χ0v) is 15.8. The van der Waals surface area contributed by atoms with Gasteiger partial charge in [-0.25, -0.2) is 8.42 Å². The van der Waals surface area contributed by atoms with Gasteiger partial charge in [0.05, 0.1) is 17.0 Å². The van der Waals surface area contributed by atoms with E-state index in [1.54, 1.807) is 10.4 Å². The summed E-state index contributed by atoms with van der Waals surface area (Å²) in [6.07, 6.45) is 2.75. The molecule has 1 saturated heterocycles. The second kappa shape index (κ2) is 7.77. The zero-order chi connectivity index (χ0) is 17.9. The van der Waals surface area contributed by atoms with Crippen LogP contribution in [0.4, 0.5) is 0 Å². The van der Waals surface area contributed by atoms with Gasteiger partial charge in [-0.2, -0.15) is 4.31 Å². The highest BCUT2D eigenvalue weighted by Gasteiger charge is 2.29. The fourth-order valence-corrected chi connectivity index (χ4v) is 4.93. The summed E-state index contributed by atoms with van der Waals surface area (Å²) in [4.78, 5) is 0.232. The third kappa shape index (κ3) is 4.17. The van der Waals surface area contributed by atoms with Gasteiger partial charge in [-0.05, 0) is 42.9 Å². The molecule has 6 heteroatoms. The van der Waals surface area contributed by atoms with Crippen molar-refractivity contribution in [3.8, 4) is 5.75 Å². The lowest BCUT2D eigenvalue weighted by atomic mass is 9.91. The molecule has 3 rings (SSSR count). The standard InChI is InChI=1S/C19H22ClNO3S/c1-24-19-14-17(7-8-18(19)20)25(22,23)21-11-9-16(10-12-21)13-15-5-3-2-4-6-15/h2-8,14,16H,9-13H2,1H3. The van der Waals surface area contributed by atoms with E-state index >= 15 is 0 Å². The summed E-state index contributed by atoms with van der Waals surface area (Å²) in [6.45, 7) is 1.09. The van der Waals surface area contributed by atoms with E-state index in [4.69, 9.17) is 16.3 Å². The second-order valence-electron chi connectivity index (χ2n) is 6.33. The minimum Gasteiger partial charge on any atom is -0.495 e. The highest BCUT2D eigenvalue weighted by Crippen LogP contribution is 2.30. The van der Waals surface area contributed by atoms with Crippen molar-refractivity contribution < 1.29 is 13.2 Å². The largest absolute Gasteiger partial charge is 0.495 e. The van der Waals surface area contributed by atoms with Crippen LogP contribution < -0.4 is 4.74 Å². The van der Waals surface area contributed by atoms with Gasteiger partial charge in [-0.15, -0.1) is 0 Å². The van der Waals surface area contributed by atoms with Crippen molar-refractivity contribution in [3.05, 3.63) is 59.1 Å². The molecule has 0 saturated carbocycles. The average molecular weight is 380 g/mol. The Bertz CT molecular complexity index is 816. The van der Waals surface area contributed by atoms with Gasteiger partial charge in [0, 0.05) is 19.2 Å². The molecule has 0 N–H and O–H groups in total. The number of piperidine rings is 1. The summed E-state index contributed by atoms with van der Waals surface area (Å²) in [5.41, 5.74) is 1.31. The van der Waals surface area contributed by atoms with Crippen LogP contribution in [0.1, 0.15) is 18.4 Å². The number of halogens is 1. The Morgan fingerprint density at radius 3 is 2.44 bits per heavy atom. The highest BCUT2D eigenvalue weighted by molar-refractivity contribution is 7.89. The number of methoxy groups -OCH3 is 1. The molecule has 1 aliphatic rings. The SMILES string of the molecule is COc1cc(S(=O)(=O)N2CCC(Cc3ccccc3)CC2)ccc1Cl. The average Bonchev–Trinajstić information content (AvgIpc) is 2.63. The van der Waals surface area contributed by atoms with Crippen molar-refractivity contribution in [1.82, 2.24) is 4.31 Å². The van der Waals surface area contributed by atoms with Gasteiger partial charge in [-0.3, -0.25) is 0 Å². The first-order valence-corrected chi connectivity index (χ1v) is 10.2. The van der Waals surface area contributed by atoms with Crippen molar-refractivity contribution in [1.29, 1.82) is 0 Å². The van der Waals surface area contributed by atoms with Crippen LogP contribution in [0.15, 0.2) is 53.4 Å². The van der Waals surface area contributed by atoms with Gasteiger partial charge in [0.2, 0.25) is 10.0 Å². The first-order chi connectivity index (χ1) is 12.0. The summed E-state index contributed by atoms with van der Waals surface area (Å²) in [6, 6.07) is 15.0. The maximum absolute atomic E-state index is 12.9. The fourth-order valence-electron chi connectivity index (χ4n) is 3.25. The van der Waals surface area contributed by atoms with Gasteiger partial charge >= 0.3 is 0 Å². The molecule has 0 spiro atoms. The second-order valence-corrected chi connectivity index (χ2v) is 8.68. The van der Waals surface area contributed by atoms with Crippen LogP contribution in [0.25, 0.3) is 0 Å². The third-order valence-corrected chi connectivity index (χ3v) is 6.91. The third-order valence-electron chi connectivity index (χ3n) is 4.70. The van der Waals surface area contributed by atoms with Crippen molar-refractivity contribution >= 4 is 21.6 Å². The van der Waals surface area contributed by atoms with Crippen LogP contribution in [0, 0.1) is 5.92 Å². The normalized spacial score (nSPS) is 16.7. The van der Waals surface area contributed by atoms with E-state index in [1.165, 1.54) is 24.8 Å². The molecule has 1 heterocycles. The molecule has 0 aromatic heterocycles. The molecule has 0 amide bonds. The molecule has 1 aliphatic heterocycles. The maximum Gasteiger partial charge on any atom is 0.243 e. The number of nitrogens with zero attached hydrogens (tertiary/aromatic N) is 1. The molecular weight excluding hydrogens is 358 g/mol. The van der Waals surface area contributed by atoms with Crippen LogP contribution in [0.2, 0.25) is 5.02 Å². The lowest BCUT2D eigenvalue weighted by molar-refractivity contribution is 0.272. The number of hydrogen-bond acceptors (Lipinski definition) is 3. The molecule has 0 bridgehead atoms. The smallest absolute Gasteiger partial charge is 0.243 e. The molecule has 0 unspecified atom stereocenters. The molecular formula is C19H22ClNO3S. The zero-order valence-electron chi connectivity index (χ0n) is 14.2. The minimum absolute atomic E-state index is 0.232. The van der Waals surface area contributed by atoms with E-state index in [9.17, 15) is 8.42 Å². The summed E-state index contributed by atoms with van der Waals surface area (Å²) in [5.74, 6) is 0.898. The lowest BCUT2D eigenvalue weighted by Gasteiger charge is -2.31. The predicted octanol–water partition coefficient (Wildman–Crippen LogP) is 3.99. The fraction of sp³-hybridized carbons (Fsp3) is 0.368. The lowest BCUT2D eigenvalue weighted by Crippen LogP contribution is -2.38. The van der Waals surface area contributed by atoms with E-state index in [1.807, 2.05) is 18.2 Å². The van der Waals surface area contributed by atoms with Crippen LogP contribution >= 0.6 is 11.6 Å². The van der Waals surface area contributed by atoms with Gasteiger partial charge in [0.15, 0.2) is 0 Å².